The van der Waals surface area contributed by atoms with Crippen molar-refractivity contribution in [2.75, 3.05) is 33.6 Å². The van der Waals surface area contributed by atoms with Gasteiger partial charge in [-0.25, -0.2) is 4.79 Å². The fraction of sp³-hybridized carbons (Fsp3) is 0.474. The molecule has 0 fully saturated rings. The van der Waals surface area contributed by atoms with Crippen molar-refractivity contribution >= 4 is 45.5 Å². The Balaban J connectivity index is 2.32. The Kier molecular flexibility index (Phi) is 7.02. The number of carbonyl (C=O) groups is 2. The van der Waals surface area contributed by atoms with Crippen LogP contribution in [0.25, 0.3) is 0 Å². The Hall–Kier alpha value is -2.46. The van der Waals surface area contributed by atoms with Crippen LogP contribution in [0.15, 0.2) is 0 Å². The summed E-state index contributed by atoms with van der Waals surface area (Å²) in [5.41, 5.74) is 4.01. The van der Waals surface area contributed by atoms with E-state index in [1.165, 1.54) is 23.3 Å². The monoisotopic (exact) mass is 437 g/mol. The summed E-state index contributed by atoms with van der Waals surface area (Å²) in [6.45, 7) is 6.28. The van der Waals surface area contributed by atoms with Crippen molar-refractivity contribution in [3.63, 3.8) is 0 Å². The van der Waals surface area contributed by atoms with Crippen molar-refractivity contribution in [2.24, 2.45) is 7.05 Å². The van der Waals surface area contributed by atoms with Gasteiger partial charge >= 0.3 is 5.97 Å². The molecule has 0 bridgehead atoms. The molecule has 0 aliphatic heterocycles. The van der Waals surface area contributed by atoms with Gasteiger partial charge in [0.05, 0.1) is 23.2 Å². The van der Waals surface area contributed by atoms with Crippen LogP contribution < -0.4 is 5.32 Å². The fourth-order valence-corrected chi connectivity index (χ4v) is 4.35. The number of hydrogen-bond donors (Lipinski definition) is 1. The predicted molar refractivity (Wildman–Crippen MR) is 119 cm³/mol. The second-order valence-corrected chi connectivity index (χ2v) is 8.42. The summed E-state index contributed by atoms with van der Waals surface area (Å²) in [6.07, 6.45) is 0. The van der Waals surface area contributed by atoms with Gasteiger partial charge in [-0.3, -0.25) is 9.48 Å². The third kappa shape index (κ3) is 4.59. The average Bonchev–Trinajstić information content (AvgIpc) is 3.10. The highest BCUT2D eigenvalue weighted by Gasteiger charge is 2.27. The molecule has 8 nitrogen and oxygen atoms in total. The molecule has 158 valence electrons. The Morgan fingerprint density at radius 2 is 1.86 bits per heavy atom. The van der Waals surface area contributed by atoms with E-state index in [2.05, 4.69) is 10.4 Å². The lowest BCUT2D eigenvalue weighted by atomic mass is 10.1. The minimum Gasteiger partial charge on any atom is -0.465 e. The van der Waals surface area contributed by atoms with Gasteiger partial charge in [0.1, 0.15) is 5.00 Å². The van der Waals surface area contributed by atoms with Crippen molar-refractivity contribution in [3.8, 4) is 0 Å². The largest absolute Gasteiger partial charge is 0.465 e. The van der Waals surface area contributed by atoms with Crippen LogP contribution in [0.1, 0.15) is 42.5 Å². The molecule has 0 unspecified atom stereocenters. The molecule has 1 N–H and O–H groups in total. The molecule has 0 radical (unpaired) electrons. The molecule has 0 aromatic carbocycles. The number of rotatable bonds is 5. The highest BCUT2D eigenvalue weighted by atomic mass is 32.1. The number of methoxy groups -OCH3 is 1. The topological polar surface area (TPSA) is 79.7 Å². The SMILES string of the molecule is COC(=O)c1c(NC(=S)N(C)Cc2c(C)nn(C)c2C)sc(C(=O)N(C)C)c1C. The van der Waals surface area contributed by atoms with Crippen LogP contribution in [0.2, 0.25) is 0 Å². The first-order valence-corrected chi connectivity index (χ1v) is 10.2. The minimum atomic E-state index is -0.511. The number of nitrogens with zero attached hydrogens (tertiary/aromatic N) is 4. The molecule has 0 aliphatic carbocycles. The van der Waals surface area contributed by atoms with Gasteiger partial charge in [0.15, 0.2) is 5.11 Å². The summed E-state index contributed by atoms with van der Waals surface area (Å²) >= 11 is 6.75. The summed E-state index contributed by atoms with van der Waals surface area (Å²) in [4.78, 5) is 28.7. The van der Waals surface area contributed by atoms with Gasteiger partial charge in [-0.15, -0.1) is 11.3 Å². The van der Waals surface area contributed by atoms with E-state index in [1.807, 2.05) is 37.5 Å². The van der Waals surface area contributed by atoms with Crippen LogP contribution >= 0.6 is 23.6 Å². The minimum absolute atomic E-state index is 0.174. The molecular weight excluding hydrogens is 410 g/mol. The molecule has 0 spiro atoms. The van der Waals surface area contributed by atoms with Crippen LogP contribution in [0.4, 0.5) is 5.00 Å². The molecule has 0 atom stereocenters. The lowest BCUT2D eigenvalue weighted by Crippen LogP contribution is -2.31. The van der Waals surface area contributed by atoms with Gasteiger partial charge in [0, 0.05) is 46.0 Å². The van der Waals surface area contributed by atoms with E-state index in [4.69, 9.17) is 17.0 Å². The van der Waals surface area contributed by atoms with Crippen LogP contribution in [-0.4, -0.2) is 64.8 Å². The quantitative estimate of drug-likeness (QED) is 0.569. The Labute approximate surface area is 180 Å². The lowest BCUT2D eigenvalue weighted by Gasteiger charge is -2.21. The van der Waals surface area contributed by atoms with Gasteiger partial charge in [-0.2, -0.15) is 5.10 Å². The number of thiophene rings is 1. The Bertz CT molecular complexity index is 962. The second-order valence-electron chi connectivity index (χ2n) is 7.01. The Morgan fingerprint density at radius 1 is 1.24 bits per heavy atom. The third-order valence-corrected chi connectivity index (χ3v) is 6.37. The van der Waals surface area contributed by atoms with E-state index in [0.29, 0.717) is 32.7 Å². The van der Waals surface area contributed by atoms with Crippen LogP contribution in [0, 0.1) is 20.8 Å². The highest BCUT2D eigenvalue weighted by molar-refractivity contribution is 7.80. The average molecular weight is 438 g/mol. The molecule has 29 heavy (non-hydrogen) atoms. The normalized spacial score (nSPS) is 10.6. The summed E-state index contributed by atoms with van der Waals surface area (Å²) in [6, 6.07) is 0. The van der Waals surface area contributed by atoms with E-state index in [-0.39, 0.29) is 5.91 Å². The van der Waals surface area contributed by atoms with Gasteiger partial charge in [-0.05, 0) is 38.6 Å². The first-order chi connectivity index (χ1) is 13.5. The summed E-state index contributed by atoms with van der Waals surface area (Å²) in [5, 5.41) is 8.48. The van der Waals surface area contributed by atoms with Crippen molar-refractivity contribution in [1.82, 2.24) is 19.6 Å². The second kappa shape index (κ2) is 8.91. The van der Waals surface area contributed by atoms with Crippen molar-refractivity contribution < 1.29 is 14.3 Å². The van der Waals surface area contributed by atoms with Gasteiger partial charge in [-0.1, -0.05) is 0 Å². The van der Waals surface area contributed by atoms with E-state index in [1.54, 1.807) is 21.0 Å². The molecule has 0 aliphatic rings. The molecular formula is C19H27N5O3S2. The van der Waals surface area contributed by atoms with Crippen molar-refractivity contribution in [3.05, 3.63) is 33.0 Å². The van der Waals surface area contributed by atoms with E-state index in [9.17, 15) is 9.59 Å². The number of carbonyl (C=O) groups excluding carboxylic acids is 2. The standard InChI is InChI=1S/C19H27N5O3S2/c1-10-14(18(26)27-8)16(29-15(10)17(25)22(4)5)20-19(28)23(6)9-13-11(2)21-24(7)12(13)3/h9H2,1-8H3,(H,20,28). The maximum Gasteiger partial charge on any atom is 0.341 e. The number of hydrogen-bond acceptors (Lipinski definition) is 6. The number of ether oxygens (including phenoxy) is 1. The molecule has 1 amide bonds. The Morgan fingerprint density at radius 3 is 2.34 bits per heavy atom. The maximum atomic E-state index is 12.5. The number of anilines is 1. The smallest absolute Gasteiger partial charge is 0.341 e. The third-order valence-electron chi connectivity index (χ3n) is 4.76. The number of thiocarbonyl (C=S) groups is 1. The molecule has 0 saturated heterocycles. The van der Waals surface area contributed by atoms with Crippen molar-refractivity contribution in [1.29, 1.82) is 0 Å². The zero-order chi connectivity index (χ0) is 22.0. The number of aromatic nitrogens is 2. The lowest BCUT2D eigenvalue weighted by molar-refractivity contribution is 0.0601. The van der Waals surface area contributed by atoms with E-state index < -0.39 is 5.97 Å². The summed E-state index contributed by atoms with van der Waals surface area (Å²) < 4.78 is 6.76. The highest BCUT2D eigenvalue weighted by Crippen LogP contribution is 2.34. The molecule has 10 heteroatoms. The van der Waals surface area contributed by atoms with Gasteiger partial charge in [0.2, 0.25) is 0 Å². The number of esters is 1. The number of amides is 1. The van der Waals surface area contributed by atoms with Gasteiger partial charge in [0.25, 0.3) is 5.91 Å². The predicted octanol–water partition coefficient (Wildman–Crippen LogP) is 2.72. The number of nitrogens with one attached hydrogen (secondary N) is 1. The van der Waals surface area contributed by atoms with Crippen LogP contribution in [0.5, 0.6) is 0 Å². The fourth-order valence-electron chi connectivity index (χ4n) is 2.90. The molecule has 2 heterocycles. The first kappa shape index (κ1) is 22.8. The summed E-state index contributed by atoms with van der Waals surface area (Å²) in [5.74, 6) is -0.685. The first-order valence-electron chi connectivity index (χ1n) is 8.94. The van der Waals surface area contributed by atoms with E-state index in [0.717, 1.165) is 17.0 Å². The molecule has 0 saturated carbocycles. The summed E-state index contributed by atoms with van der Waals surface area (Å²) in [7, 11) is 8.43. The van der Waals surface area contributed by atoms with Crippen LogP contribution in [-0.2, 0) is 18.3 Å². The zero-order valence-electron chi connectivity index (χ0n) is 18.0. The molecule has 2 aromatic heterocycles. The van der Waals surface area contributed by atoms with Gasteiger partial charge < -0.3 is 19.9 Å². The van der Waals surface area contributed by atoms with Crippen LogP contribution in [0.3, 0.4) is 0 Å². The van der Waals surface area contributed by atoms with E-state index >= 15 is 0 Å². The molecule has 2 rings (SSSR count). The molecule has 2 aromatic rings. The van der Waals surface area contributed by atoms with Crippen molar-refractivity contribution in [2.45, 2.75) is 27.3 Å². The zero-order valence-corrected chi connectivity index (χ0v) is 19.7. The number of aryl methyl sites for hydroxylation is 2. The maximum absolute atomic E-state index is 12.5.